The van der Waals surface area contributed by atoms with E-state index in [0.717, 1.165) is 68.4 Å². The maximum absolute atomic E-state index is 14.8. The minimum atomic E-state index is -0.693. The van der Waals surface area contributed by atoms with Crippen molar-refractivity contribution in [2.75, 3.05) is 57.9 Å². The molecule has 0 aromatic heterocycles. The second-order valence-corrected chi connectivity index (χ2v) is 17.8. The van der Waals surface area contributed by atoms with E-state index in [1.165, 1.54) is 22.1 Å². The van der Waals surface area contributed by atoms with Crippen molar-refractivity contribution in [3.63, 3.8) is 0 Å². The number of hydrogen-bond acceptors (Lipinski definition) is 11. The minimum Gasteiger partial charge on any atom is -0.488 e. The number of morpholine rings is 2. The summed E-state index contributed by atoms with van der Waals surface area (Å²) >= 11 is 0. The topological polar surface area (TPSA) is 162 Å². The summed E-state index contributed by atoms with van der Waals surface area (Å²) in [5.41, 5.74) is 8.25. The molecule has 2 atom stereocenters. The Hall–Kier alpha value is -6.46. The molecule has 0 spiro atoms. The molecular weight excluding hydrogens is 858 g/mol. The number of amides is 5. The van der Waals surface area contributed by atoms with Gasteiger partial charge in [0, 0.05) is 98.0 Å². The predicted molar refractivity (Wildman–Crippen MR) is 246 cm³/mol. The van der Waals surface area contributed by atoms with Gasteiger partial charge in [-0.1, -0.05) is 55.1 Å². The normalized spacial score (nSPS) is 21.0. The molecule has 6 aliphatic heterocycles. The number of benzene rings is 4. The Bertz CT molecular complexity index is 2540. The summed E-state index contributed by atoms with van der Waals surface area (Å²) in [6.07, 6.45) is 1.80. The molecule has 16 heteroatoms. The van der Waals surface area contributed by atoms with Crippen molar-refractivity contribution in [3.8, 4) is 5.75 Å². The highest BCUT2D eigenvalue weighted by Crippen LogP contribution is 2.35. The van der Waals surface area contributed by atoms with Gasteiger partial charge in [0.1, 0.15) is 30.3 Å². The number of halogens is 1. The maximum Gasteiger partial charge on any atom is 0.255 e. The third-order valence-electron chi connectivity index (χ3n) is 13.3. The molecule has 6 aliphatic rings. The molecule has 350 valence electrons. The molecule has 2 unspecified atom stereocenters. The van der Waals surface area contributed by atoms with Gasteiger partial charge in [0.05, 0.1) is 33.0 Å². The molecule has 0 aliphatic carbocycles. The molecule has 10 rings (SSSR count). The average molecular weight is 914 g/mol. The summed E-state index contributed by atoms with van der Waals surface area (Å²) in [4.78, 5) is 70.0. The number of rotatable bonds is 12. The number of imide groups is 1. The highest BCUT2D eigenvalue weighted by atomic mass is 19.1. The van der Waals surface area contributed by atoms with E-state index >= 15 is 0 Å². The summed E-state index contributed by atoms with van der Waals surface area (Å²) in [6, 6.07) is 23.6. The van der Waals surface area contributed by atoms with Gasteiger partial charge in [0.25, 0.3) is 11.8 Å². The second-order valence-electron chi connectivity index (χ2n) is 17.8. The van der Waals surface area contributed by atoms with Crippen LogP contribution in [0, 0.1) is 5.82 Å². The number of carbonyl (C=O) groups excluding carboxylic acids is 5. The van der Waals surface area contributed by atoms with E-state index in [9.17, 15) is 28.4 Å². The van der Waals surface area contributed by atoms with Crippen molar-refractivity contribution in [2.45, 2.75) is 77.1 Å². The van der Waals surface area contributed by atoms with Gasteiger partial charge in [-0.15, -0.1) is 0 Å². The minimum absolute atomic E-state index is 0.0206. The Morgan fingerprint density at radius 2 is 1.24 bits per heavy atom. The molecule has 15 nitrogen and oxygen atoms in total. The third kappa shape index (κ3) is 10.6. The van der Waals surface area contributed by atoms with E-state index in [2.05, 4.69) is 56.6 Å². The lowest BCUT2D eigenvalue weighted by Crippen LogP contribution is -2.52. The second kappa shape index (κ2) is 20.6. The van der Waals surface area contributed by atoms with Crippen LogP contribution in [0.2, 0.25) is 0 Å². The molecule has 3 N–H and O–H groups in total. The number of fused-ring (bicyclic) bond motifs is 2. The van der Waals surface area contributed by atoms with Gasteiger partial charge < -0.3 is 34.6 Å². The van der Waals surface area contributed by atoms with Gasteiger partial charge in [0.2, 0.25) is 17.7 Å². The fourth-order valence-corrected chi connectivity index (χ4v) is 9.48. The van der Waals surface area contributed by atoms with Crippen molar-refractivity contribution < 1.29 is 42.6 Å². The first-order chi connectivity index (χ1) is 32.6. The predicted octanol–water partition coefficient (Wildman–Crippen LogP) is 4.88. The highest BCUT2D eigenvalue weighted by molar-refractivity contribution is 6.06. The summed E-state index contributed by atoms with van der Waals surface area (Å²) < 4.78 is 31.5. The molecule has 0 bridgehead atoms. The Labute approximate surface area is 389 Å². The van der Waals surface area contributed by atoms with E-state index in [4.69, 9.17) is 14.2 Å². The first-order valence-corrected chi connectivity index (χ1v) is 23.1. The standard InChI is InChI=1S/C26H30N4O3.C25H26FN3O5/c1-18-5-10-24(25(31)28-18)30-17-22-21(26(30)32)3-2-4-23(22)27-15-19-6-8-20(9-7-19)16-29-11-13-33-14-12-29;26-20-12-16(13-28-8-10-33-11-9-28)4-5-17(20)15-34-22-3-1-2-18-19(22)14-29(25(18)32)21-6-7-23(30)27-24(21)31/h2-4,6-9,24,27H,1,5,10-17H2,(H,28,31);1-5,12,21H,6-11,13-15H2,(H,27,30,31). The smallest absolute Gasteiger partial charge is 0.255 e. The first kappa shape index (κ1) is 45.7. The highest BCUT2D eigenvalue weighted by Gasteiger charge is 2.41. The molecule has 5 amide bonds. The molecule has 6 heterocycles. The fourth-order valence-electron chi connectivity index (χ4n) is 9.48. The number of anilines is 1. The fraction of sp³-hybridized carbons (Fsp3) is 0.392. The number of nitrogens with one attached hydrogen (secondary N) is 3. The third-order valence-corrected chi connectivity index (χ3v) is 13.3. The lowest BCUT2D eigenvalue weighted by molar-refractivity contribution is -0.137. The van der Waals surface area contributed by atoms with Crippen LogP contribution in [0.1, 0.15) is 79.8 Å². The zero-order valence-corrected chi connectivity index (χ0v) is 37.5. The van der Waals surface area contributed by atoms with Crippen molar-refractivity contribution in [3.05, 3.63) is 141 Å². The quantitative estimate of drug-likeness (QED) is 0.166. The summed E-state index contributed by atoms with van der Waals surface area (Å²) in [5, 5.41) is 8.59. The molecule has 4 saturated heterocycles. The van der Waals surface area contributed by atoms with E-state index in [1.807, 2.05) is 24.3 Å². The van der Waals surface area contributed by atoms with Crippen molar-refractivity contribution in [1.29, 1.82) is 0 Å². The lowest BCUT2D eigenvalue weighted by atomic mass is 10.0. The van der Waals surface area contributed by atoms with Crippen molar-refractivity contribution >= 4 is 35.2 Å². The number of ether oxygens (including phenoxy) is 3. The number of allylic oxidation sites excluding steroid dienone is 1. The average Bonchev–Trinajstić information content (AvgIpc) is 3.85. The van der Waals surface area contributed by atoms with Gasteiger partial charge in [-0.25, -0.2) is 4.39 Å². The van der Waals surface area contributed by atoms with Crippen LogP contribution in [-0.4, -0.2) is 114 Å². The zero-order valence-electron chi connectivity index (χ0n) is 37.5. The number of hydrogen-bond donors (Lipinski definition) is 3. The van der Waals surface area contributed by atoms with Gasteiger partial charge in [0.15, 0.2) is 0 Å². The molecule has 4 fully saturated rings. The van der Waals surface area contributed by atoms with Crippen LogP contribution in [-0.2, 0) is 63.2 Å². The van der Waals surface area contributed by atoms with E-state index in [-0.39, 0.29) is 49.0 Å². The van der Waals surface area contributed by atoms with E-state index in [0.29, 0.717) is 80.1 Å². The summed E-state index contributed by atoms with van der Waals surface area (Å²) in [6.45, 7) is 13.4. The van der Waals surface area contributed by atoms with Crippen LogP contribution in [0.5, 0.6) is 5.75 Å². The largest absolute Gasteiger partial charge is 0.488 e. The van der Waals surface area contributed by atoms with Crippen LogP contribution in [0.15, 0.2) is 91.1 Å². The first-order valence-electron chi connectivity index (χ1n) is 23.1. The monoisotopic (exact) mass is 913 g/mol. The van der Waals surface area contributed by atoms with E-state index in [1.54, 1.807) is 29.2 Å². The molecule has 4 aromatic rings. The van der Waals surface area contributed by atoms with Crippen LogP contribution < -0.4 is 20.7 Å². The number of piperidine rings is 2. The molecule has 67 heavy (non-hydrogen) atoms. The van der Waals surface area contributed by atoms with Crippen LogP contribution >= 0.6 is 0 Å². The maximum atomic E-state index is 14.8. The molecule has 0 radical (unpaired) electrons. The Morgan fingerprint density at radius 1 is 0.672 bits per heavy atom. The Balaban J connectivity index is 0.000000168. The van der Waals surface area contributed by atoms with Crippen LogP contribution in [0.4, 0.5) is 10.1 Å². The summed E-state index contributed by atoms with van der Waals surface area (Å²) in [5.74, 6) is -1.12. The molecule has 0 saturated carbocycles. The Kier molecular flexibility index (Phi) is 14.0. The SMILES string of the molecule is C=C1CCC(N2Cc3c(NCc4ccc(CN5CCOCC5)cc4)cccc3C2=O)C(=O)N1.O=C1CCC(N2Cc3c(OCc4ccc(CN5CCOCC5)cc4F)cccc3C2=O)C(=O)N1. The number of carbonyl (C=O) groups is 5. The van der Waals surface area contributed by atoms with Gasteiger partial charge in [-0.05, 0) is 66.3 Å². The van der Waals surface area contributed by atoms with Gasteiger partial charge in [-0.2, -0.15) is 0 Å². The van der Waals surface area contributed by atoms with Gasteiger partial charge in [-0.3, -0.25) is 39.1 Å². The van der Waals surface area contributed by atoms with Crippen LogP contribution in [0.25, 0.3) is 0 Å². The van der Waals surface area contributed by atoms with Gasteiger partial charge >= 0.3 is 0 Å². The van der Waals surface area contributed by atoms with Crippen LogP contribution in [0.3, 0.4) is 0 Å². The zero-order chi connectivity index (χ0) is 46.4. The summed E-state index contributed by atoms with van der Waals surface area (Å²) in [7, 11) is 0. The molecule has 4 aromatic carbocycles. The van der Waals surface area contributed by atoms with Crippen molar-refractivity contribution in [2.24, 2.45) is 0 Å². The van der Waals surface area contributed by atoms with Crippen molar-refractivity contribution in [1.82, 2.24) is 30.2 Å². The Morgan fingerprint density at radius 3 is 1.88 bits per heavy atom. The number of nitrogens with zero attached hydrogens (tertiary/aromatic N) is 4. The van der Waals surface area contributed by atoms with E-state index < -0.39 is 18.0 Å². The molecular formula is C51H56FN7O8. The lowest BCUT2D eigenvalue weighted by Gasteiger charge is -2.31.